The zero-order chi connectivity index (χ0) is 13.0. The second kappa shape index (κ2) is 6.44. The lowest BCUT2D eigenvalue weighted by Gasteiger charge is -2.20. The summed E-state index contributed by atoms with van der Waals surface area (Å²) >= 11 is 6.36. The quantitative estimate of drug-likeness (QED) is 0.807. The molecule has 18 heavy (non-hydrogen) atoms. The van der Waals surface area contributed by atoms with Crippen molar-refractivity contribution >= 4 is 17.3 Å². The van der Waals surface area contributed by atoms with Gasteiger partial charge in [0.2, 0.25) is 0 Å². The van der Waals surface area contributed by atoms with Gasteiger partial charge in [-0.15, -0.1) is 0 Å². The summed E-state index contributed by atoms with van der Waals surface area (Å²) < 4.78 is 0. The molecule has 1 saturated carbocycles. The predicted octanol–water partition coefficient (Wildman–Crippen LogP) is 3.83. The highest BCUT2D eigenvalue weighted by Crippen LogP contribution is 2.27. The van der Waals surface area contributed by atoms with Gasteiger partial charge >= 0.3 is 0 Å². The van der Waals surface area contributed by atoms with Crippen LogP contribution in [0.25, 0.3) is 0 Å². The van der Waals surface area contributed by atoms with Crippen LogP contribution in [0.1, 0.15) is 38.2 Å². The second-order valence-corrected chi connectivity index (χ2v) is 5.62. The van der Waals surface area contributed by atoms with Crippen molar-refractivity contribution in [2.75, 3.05) is 18.5 Å². The summed E-state index contributed by atoms with van der Waals surface area (Å²) in [6, 6.07) is 7.16. The van der Waals surface area contributed by atoms with Crippen molar-refractivity contribution in [2.45, 2.75) is 45.2 Å². The molecule has 0 atom stereocenters. The Labute approximate surface area is 115 Å². The number of unbranched alkanes of at least 4 members (excludes halogenated alkanes) is 1. The van der Waals surface area contributed by atoms with Crippen LogP contribution in [0.2, 0.25) is 5.02 Å². The number of benzene rings is 1. The maximum atomic E-state index is 6.36. The molecule has 1 aliphatic carbocycles. The number of anilines is 1. The summed E-state index contributed by atoms with van der Waals surface area (Å²) in [5.74, 6) is 0. The molecule has 1 fully saturated rings. The van der Waals surface area contributed by atoms with E-state index in [1.165, 1.54) is 31.2 Å². The molecule has 3 heteroatoms. The third-order valence-electron chi connectivity index (χ3n) is 3.44. The fraction of sp³-hybridized carbons (Fsp3) is 0.600. The summed E-state index contributed by atoms with van der Waals surface area (Å²) in [6.45, 7) is 4.21. The van der Waals surface area contributed by atoms with Gasteiger partial charge in [0, 0.05) is 26.2 Å². The Morgan fingerprint density at radius 2 is 2.17 bits per heavy atom. The summed E-state index contributed by atoms with van der Waals surface area (Å²) in [4.78, 5) is 2.24. The molecule has 0 aliphatic heterocycles. The normalized spacial score (nSPS) is 14.8. The molecule has 2 nitrogen and oxygen atoms in total. The zero-order valence-corrected chi connectivity index (χ0v) is 12.1. The first kappa shape index (κ1) is 13.7. The molecule has 1 aromatic carbocycles. The van der Waals surface area contributed by atoms with Crippen LogP contribution in [0.4, 0.5) is 5.69 Å². The minimum atomic E-state index is 0.746. The van der Waals surface area contributed by atoms with Crippen LogP contribution < -0.4 is 10.2 Å². The third kappa shape index (κ3) is 3.89. The fourth-order valence-electron chi connectivity index (χ4n) is 2.04. The molecular formula is C15H23ClN2. The van der Waals surface area contributed by atoms with Gasteiger partial charge in [0.15, 0.2) is 0 Å². The number of hydrogen-bond acceptors (Lipinski definition) is 2. The van der Waals surface area contributed by atoms with E-state index in [0.29, 0.717) is 0 Å². The molecule has 0 aromatic heterocycles. The minimum Gasteiger partial charge on any atom is -0.373 e. The average Bonchev–Trinajstić information content (AvgIpc) is 3.17. The van der Waals surface area contributed by atoms with Gasteiger partial charge in [0.25, 0.3) is 0 Å². The Morgan fingerprint density at radius 3 is 2.78 bits per heavy atom. The van der Waals surface area contributed by atoms with E-state index in [-0.39, 0.29) is 0 Å². The lowest BCUT2D eigenvalue weighted by Crippen LogP contribution is -2.19. The first-order chi connectivity index (χ1) is 8.70. The van der Waals surface area contributed by atoms with E-state index in [1.807, 2.05) is 0 Å². The molecule has 0 radical (unpaired) electrons. The number of halogens is 1. The fourth-order valence-corrected chi connectivity index (χ4v) is 2.38. The Kier molecular flexibility index (Phi) is 4.90. The molecule has 0 bridgehead atoms. The van der Waals surface area contributed by atoms with Gasteiger partial charge < -0.3 is 10.2 Å². The Hall–Kier alpha value is -0.730. The molecule has 0 heterocycles. The first-order valence-corrected chi connectivity index (χ1v) is 7.31. The largest absolute Gasteiger partial charge is 0.373 e. The number of nitrogens with one attached hydrogen (secondary N) is 1. The molecule has 0 unspecified atom stereocenters. The zero-order valence-electron chi connectivity index (χ0n) is 11.4. The van der Waals surface area contributed by atoms with Crippen molar-refractivity contribution in [1.82, 2.24) is 5.32 Å². The van der Waals surface area contributed by atoms with Crippen LogP contribution in [-0.4, -0.2) is 19.6 Å². The molecule has 0 spiro atoms. The third-order valence-corrected chi connectivity index (χ3v) is 3.75. The van der Waals surface area contributed by atoms with Gasteiger partial charge in [-0.2, -0.15) is 0 Å². The summed E-state index contributed by atoms with van der Waals surface area (Å²) in [6.07, 6.45) is 5.07. The maximum absolute atomic E-state index is 6.36. The molecule has 1 N–H and O–H groups in total. The molecule has 1 aliphatic rings. The van der Waals surface area contributed by atoms with E-state index < -0.39 is 0 Å². The van der Waals surface area contributed by atoms with Gasteiger partial charge in [-0.1, -0.05) is 31.0 Å². The Bertz CT molecular complexity index is 388. The van der Waals surface area contributed by atoms with Crippen molar-refractivity contribution in [3.05, 3.63) is 28.8 Å². The van der Waals surface area contributed by atoms with E-state index in [4.69, 9.17) is 11.6 Å². The number of nitrogens with zero attached hydrogens (tertiary/aromatic N) is 1. The van der Waals surface area contributed by atoms with E-state index in [9.17, 15) is 0 Å². The first-order valence-electron chi connectivity index (χ1n) is 6.93. The standard InChI is InChI=1S/C15H23ClN2/c1-3-4-9-18(2)15-8-5-12(10-14(15)16)11-17-13-6-7-13/h5,8,10,13,17H,3-4,6-7,9,11H2,1-2H3. The minimum absolute atomic E-state index is 0.746. The maximum Gasteiger partial charge on any atom is 0.0642 e. The van der Waals surface area contributed by atoms with Crippen LogP contribution in [0.5, 0.6) is 0 Å². The summed E-state index contributed by atoms with van der Waals surface area (Å²) in [5.41, 5.74) is 2.42. The van der Waals surface area contributed by atoms with Gasteiger partial charge in [-0.3, -0.25) is 0 Å². The van der Waals surface area contributed by atoms with E-state index in [0.717, 1.165) is 29.8 Å². The highest BCUT2D eigenvalue weighted by atomic mass is 35.5. The van der Waals surface area contributed by atoms with Crippen LogP contribution in [-0.2, 0) is 6.54 Å². The predicted molar refractivity (Wildman–Crippen MR) is 79.5 cm³/mol. The second-order valence-electron chi connectivity index (χ2n) is 5.22. The van der Waals surface area contributed by atoms with E-state index >= 15 is 0 Å². The van der Waals surface area contributed by atoms with Crippen molar-refractivity contribution < 1.29 is 0 Å². The van der Waals surface area contributed by atoms with E-state index in [2.05, 4.69) is 42.4 Å². The van der Waals surface area contributed by atoms with Crippen molar-refractivity contribution in [1.29, 1.82) is 0 Å². The van der Waals surface area contributed by atoms with Crippen LogP contribution in [0.15, 0.2) is 18.2 Å². The summed E-state index contributed by atoms with van der Waals surface area (Å²) in [7, 11) is 2.11. The molecule has 100 valence electrons. The van der Waals surface area contributed by atoms with Crippen LogP contribution in [0.3, 0.4) is 0 Å². The number of rotatable bonds is 7. The van der Waals surface area contributed by atoms with Crippen LogP contribution >= 0.6 is 11.6 Å². The molecule has 2 rings (SSSR count). The topological polar surface area (TPSA) is 15.3 Å². The van der Waals surface area contributed by atoms with Crippen molar-refractivity contribution in [3.63, 3.8) is 0 Å². The smallest absolute Gasteiger partial charge is 0.0642 e. The highest BCUT2D eigenvalue weighted by Gasteiger charge is 2.20. The van der Waals surface area contributed by atoms with Gasteiger partial charge in [0.05, 0.1) is 10.7 Å². The van der Waals surface area contributed by atoms with E-state index in [1.54, 1.807) is 0 Å². The monoisotopic (exact) mass is 266 g/mol. The molecule has 1 aromatic rings. The lowest BCUT2D eigenvalue weighted by atomic mass is 10.2. The average molecular weight is 267 g/mol. The molecular weight excluding hydrogens is 244 g/mol. The lowest BCUT2D eigenvalue weighted by molar-refractivity contribution is 0.687. The van der Waals surface area contributed by atoms with Gasteiger partial charge in [-0.05, 0) is 37.0 Å². The Balaban J connectivity index is 1.94. The number of hydrogen-bond donors (Lipinski definition) is 1. The molecule has 0 amide bonds. The summed E-state index contributed by atoms with van der Waals surface area (Å²) in [5, 5.41) is 4.38. The van der Waals surface area contributed by atoms with Gasteiger partial charge in [0.1, 0.15) is 0 Å². The molecule has 0 saturated heterocycles. The SMILES string of the molecule is CCCCN(C)c1ccc(CNC2CC2)cc1Cl. The van der Waals surface area contributed by atoms with Crippen LogP contribution in [0, 0.1) is 0 Å². The van der Waals surface area contributed by atoms with Gasteiger partial charge in [-0.25, -0.2) is 0 Å². The highest BCUT2D eigenvalue weighted by molar-refractivity contribution is 6.33. The van der Waals surface area contributed by atoms with Crippen molar-refractivity contribution in [3.8, 4) is 0 Å². The Morgan fingerprint density at radius 1 is 1.39 bits per heavy atom. The van der Waals surface area contributed by atoms with Crippen molar-refractivity contribution in [2.24, 2.45) is 0 Å².